The third-order valence-corrected chi connectivity index (χ3v) is 0.933. The van der Waals surface area contributed by atoms with Crippen LogP contribution in [0.3, 0.4) is 0 Å². The van der Waals surface area contributed by atoms with E-state index in [1.165, 1.54) is 0 Å². The van der Waals surface area contributed by atoms with E-state index in [2.05, 4.69) is 19.2 Å². The van der Waals surface area contributed by atoms with E-state index in [4.69, 9.17) is 4.74 Å². The molecular formula is C7H12OS. The molecule has 0 aliphatic heterocycles. The van der Waals surface area contributed by atoms with Crippen molar-refractivity contribution in [3.63, 3.8) is 0 Å². The highest BCUT2D eigenvalue weighted by Gasteiger charge is 1.74. The number of hydrogen-bond acceptors (Lipinski definition) is 2. The minimum Gasteiger partial charge on any atom is -0.373 e. The van der Waals surface area contributed by atoms with Crippen molar-refractivity contribution in [2.75, 3.05) is 19.0 Å². The van der Waals surface area contributed by atoms with E-state index in [1.54, 1.807) is 6.08 Å². The SMILES string of the molecule is C=CCOCC=CCS. The molecule has 0 aliphatic rings. The Kier molecular flexibility index (Phi) is 7.61. The average molecular weight is 144 g/mol. The molecule has 52 valence electrons. The van der Waals surface area contributed by atoms with Gasteiger partial charge in [-0.05, 0) is 0 Å². The van der Waals surface area contributed by atoms with Crippen LogP contribution in [0.25, 0.3) is 0 Å². The highest BCUT2D eigenvalue weighted by atomic mass is 32.1. The number of thiol groups is 1. The molecule has 0 radical (unpaired) electrons. The summed E-state index contributed by atoms with van der Waals surface area (Å²) in [5.74, 6) is 0.775. The van der Waals surface area contributed by atoms with Crippen LogP contribution in [0.4, 0.5) is 0 Å². The molecule has 0 rings (SSSR count). The summed E-state index contributed by atoms with van der Waals surface area (Å²) in [5.41, 5.74) is 0. The lowest BCUT2D eigenvalue weighted by Gasteiger charge is -1.91. The zero-order chi connectivity index (χ0) is 6.95. The fraction of sp³-hybridized carbons (Fsp3) is 0.429. The van der Waals surface area contributed by atoms with Gasteiger partial charge in [0.25, 0.3) is 0 Å². The van der Waals surface area contributed by atoms with Crippen LogP contribution in [0.2, 0.25) is 0 Å². The van der Waals surface area contributed by atoms with Crippen molar-refractivity contribution in [1.82, 2.24) is 0 Å². The largest absolute Gasteiger partial charge is 0.373 e. The maximum atomic E-state index is 5.05. The Balaban J connectivity index is 2.90. The van der Waals surface area contributed by atoms with E-state index in [0.29, 0.717) is 13.2 Å². The van der Waals surface area contributed by atoms with Gasteiger partial charge in [-0.1, -0.05) is 18.2 Å². The third kappa shape index (κ3) is 7.79. The Morgan fingerprint density at radius 3 is 2.67 bits per heavy atom. The molecule has 0 aromatic rings. The summed E-state index contributed by atoms with van der Waals surface area (Å²) in [6, 6.07) is 0. The minimum absolute atomic E-state index is 0.622. The molecule has 0 bridgehead atoms. The predicted molar refractivity (Wildman–Crippen MR) is 44.0 cm³/mol. The molecule has 0 N–H and O–H groups in total. The van der Waals surface area contributed by atoms with Gasteiger partial charge < -0.3 is 4.74 Å². The molecule has 0 unspecified atom stereocenters. The van der Waals surface area contributed by atoms with Gasteiger partial charge in [-0.3, -0.25) is 0 Å². The quantitative estimate of drug-likeness (QED) is 0.351. The summed E-state index contributed by atoms with van der Waals surface area (Å²) in [4.78, 5) is 0. The molecule has 0 fully saturated rings. The summed E-state index contributed by atoms with van der Waals surface area (Å²) in [7, 11) is 0. The van der Waals surface area contributed by atoms with Crippen LogP contribution in [0.5, 0.6) is 0 Å². The van der Waals surface area contributed by atoms with Gasteiger partial charge in [0.05, 0.1) is 13.2 Å². The second kappa shape index (κ2) is 7.79. The summed E-state index contributed by atoms with van der Waals surface area (Å²) in [6.45, 7) is 4.80. The first kappa shape index (κ1) is 8.79. The van der Waals surface area contributed by atoms with Crippen LogP contribution < -0.4 is 0 Å². The van der Waals surface area contributed by atoms with Crippen LogP contribution in [-0.2, 0) is 4.74 Å². The molecule has 0 saturated carbocycles. The topological polar surface area (TPSA) is 9.23 Å². The van der Waals surface area contributed by atoms with Crippen LogP contribution in [0.15, 0.2) is 24.8 Å². The van der Waals surface area contributed by atoms with Gasteiger partial charge in [-0.2, -0.15) is 12.6 Å². The van der Waals surface area contributed by atoms with Crippen LogP contribution >= 0.6 is 12.6 Å². The van der Waals surface area contributed by atoms with Crippen LogP contribution in [0.1, 0.15) is 0 Å². The lowest BCUT2D eigenvalue weighted by Crippen LogP contribution is -1.89. The zero-order valence-electron chi connectivity index (χ0n) is 5.42. The van der Waals surface area contributed by atoms with E-state index < -0.39 is 0 Å². The van der Waals surface area contributed by atoms with Gasteiger partial charge in [0.15, 0.2) is 0 Å². The van der Waals surface area contributed by atoms with E-state index in [1.807, 2.05) is 12.2 Å². The Labute approximate surface area is 61.8 Å². The van der Waals surface area contributed by atoms with Crippen molar-refractivity contribution in [2.24, 2.45) is 0 Å². The second-order valence-electron chi connectivity index (χ2n) is 1.48. The van der Waals surface area contributed by atoms with E-state index >= 15 is 0 Å². The Bertz CT molecular complexity index is 88.9. The molecule has 0 saturated heterocycles. The molecule has 1 nitrogen and oxygen atoms in total. The molecule has 9 heavy (non-hydrogen) atoms. The first-order valence-corrected chi connectivity index (χ1v) is 3.49. The monoisotopic (exact) mass is 144 g/mol. The fourth-order valence-corrected chi connectivity index (χ4v) is 0.511. The molecule has 0 atom stereocenters. The molecule has 0 spiro atoms. The first-order valence-electron chi connectivity index (χ1n) is 2.86. The Morgan fingerprint density at radius 1 is 1.33 bits per heavy atom. The molecular weight excluding hydrogens is 132 g/mol. The van der Waals surface area contributed by atoms with Crippen molar-refractivity contribution >= 4 is 12.6 Å². The second-order valence-corrected chi connectivity index (χ2v) is 1.85. The van der Waals surface area contributed by atoms with Gasteiger partial charge >= 0.3 is 0 Å². The summed E-state index contributed by atoms with van der Waals surface area (Å²) in [6.07, 6.45) is 5.62. The lowest BCUT2D eigenvalue weighted by atomic mass is 10.5. The first-order chi connectivity index (χ1) is 4.41. The van der Waals surface area contributed by atoms with Gasteiger partial charge in [0.1, 0.15) is 0 Å². The normalized spacial score (nSPS) is 10.3. The van der Waals surface area contributed by atoms with Gasteiger partial charge in [-0.15, -0.1) is 6.58 Å². The summed E-state index contributed by atoms with van der Waals surface area (Å²) >= 11 is 3.98. The molecule has 0 heterocycles. The average Bonchev–Trinajstić information content (AvgIpc) is 1.89. The summed E-state index contributed by atoms with van der Waals surface area (Å²) < 4.78 is 5.05. The van der Waals surface area contributed by atoms with Crippen LogP contribution in [0, 0.1) is 0 Å². The fourth-order valence-electron chi connectivity index (χ4n) is 0.362. The summed E-state index contributed by atoms with van der Waals surface area (Å²) in [5, 5.41) is 0. The van der Waals surface area contributed by atoms with E-state index in [0.717, 1.165) is 5.75 Å². The van der Waals surface area contributed by atoms with Crippen LogP contribution in [-0.4, -0.2) is 19.0 Å². The molecule has 0 amide bonds. The van der Waals surface area contributed by atoms with Crippen molar-refractivity contribution in [3.05, 3.63) is 24.8 Å². The standard InChI is InChI=1S/C7H12OS/c1-2-5-8-6-3-4-7-9/h2-4,9H,1,5-7H2. The van der Waals surface area contributed by atoms with Crippen molar-refractivity contribution < 1.29 is 4.74 Å². The van der Waals surface area contributed by atoms with Crippen molar-refractivity contribution in [1.29, 1.82) is 0 Å². The zero-order valence-corrected chi connectivity index (χ0v) is 6.31. The highest BCUT2D eigenvalue weighted by Crippen LogP contribution is 1.80. The predicted octanol–water partition coefficient (Wildman–Crippen LogP) is 1.68. The maximum absolute atomic E-state index is 5.05. The molecule has 0 aliphatic carbocycles. The Hall–Kier alpha value is -0.210. The van der Waals surface area contributed by atoms with Gasteiger partial charge in [-0.25, -0.2) is 0 Å². The van der Waals surface area contributed by atoms with Crippen molar-refractivity contribution in [3.8, 4) is 0 Å². The van der Waals surface area contributed by atoms with Gasteiger partial charge in [0, 0.05) is 5.75 Å². The highest BCUT2D eigenvalue weighted by molar-refractivity contribution is 7.80. The van der Waals surface area contributed by atoms with E-state index in [9.17, 15) is 0 Å². The number of rotatable bonds is 5. The Morgan fingerprint density at radius 2 is 2.11 bits per heavy atom. The third-order valence-electron chi connectivity index (χ3n) is 0.722. The number of hydrogen-bond donors (Lipinski definition) is 1. The maximum Gasteiger partial charge on any atom is 0.0652 e. The minimum atomic E-state index is 0.622. The molecule has 2 heteroatoms. The lowest BCUT2D eigenvalue weighted by molar-refractivity contribution is 0.194. The van der Waals surface area contributed by atoms with Gasteiger partial charge in [0.2, 0.25) is 0 Å². The van der Waals surface area contributed by atoms with E-state index in [-0.39, 0.29) is 0 Å². The molecule has 0 aromatic heterocycles. The molecule has 0 aromatic carbocycles. The number of ether oxygens (including phenoxy) is 1. The smallest absolute Gasteiger partial charge is 0.0652 e. The van der Waals surface area contributed by atoms with Crippen molar-refractivity contribution in [2.45, 2.75) is 0 Å².